The first-order valence-corrected chi connectivity index (χ1v) is 15.9. The van der Waals surface area contributed by atoms with Gasteiger partial charge in [0.25, 0.3) is 11.8 Å². The van der Waals surface area contributed by atoms with E-state index in [1.54, 1.807) is 0 Å². The van der Waals surface area contributed by atoms with Gasteiger partial charge in [0.2, 0.25) is 0 Å². The van der Waals surface area contributed by atoms with E-state index in [4.69, 9.17) is 0 Å². The van der Waals surface area contributed by atoms with Crippen molar-refractivity contribution < 1.29 is 9.59 Å². The number of anilines is 2. The standard InChI is InChI=1S/C32H40Br2N2O2/c1-5-9-11-21(7-3)19-35-27-17-23(33)13-15-25(27)29(31(35)37)30-26-16-14-24(34)18-28(26)36(32(30)38)20-22(8-4)12-10-6-2/h13-18,21-22H,5-12,19-20H2,1-4H3/b30-29+/t21-,22-/m0/s1. The summed E-state index contributed by atoms with van der Waals surface area (Å²) in [5.74, 6) is 0.756. The summed E-state index contributed by atoms with van der Waals surface area (Å²) in [5.41, 5.74) is 4.63. The van der Waals surface area contributed by atoms with E-state index in [-0.39, 0.29) is 11.8 Å². The summed E-state index contributed by atoms with van der Waals surface area (Å²) < 4.78 is 1.87. The Morgan fingerprint density at radius 1 is 0.658 bits per heavy atom. The lowest BCUT2D eigenvalue weighted by molar-refractivity contribution is -0.114. The van der Waals surface area contributed by atoms with Crippen molar-refractivity contribution in [2.75, 3.05) is 22.9 Å². The van der Waals surface area contributed by atoms with Crippen molar-refractivity contribution in [2.24, 2.45) is 11.8 Å². The number of halogens is 2. The van der Waals surface area contributed by atoms with Crippen LogP contribution in [0.1, 0.15) is 90.2 Å². The molecular formula is C32H40Br2N2O2. The van der Waals surface area contributed by atoms with Gasteiger partial charge in [-0.3, -0.25) is 9.59 Å². The van der Waals surface area contributed by atoms with Crippen LogP contribution in [0.3, 0.4) is 0 Å². The van der Waals surface area contributed by atoms with E-state index in [9.17, 15) is 9.59 Å². The van der Waals surface area contributed by atoms with E-state index in [1.165, 1.54) is 0 Å². The lowest BCUT2D eigenvalue weighted by Gasteiger charge is -2.24. The highest BCUT2D eigenvalue weighted by Gasteiger charge is 2.42. The Hall–Kier alpha value is -1.92. The minimum absolute atomic E-state index is 0.0508. The van der Waals surface area contributed by atoms with Crippen molar-refractivity contribution in [1.82, 2.24) is 0 Å². The van der Waals surface area contributed by atoms with Crippen molar-refractivity contribution in [1.29, 1.82) is 0 Å². The number of nitrogens with zero attached hydrogens (tertiary/aromatic N) is 2. The van der Waals surface area contributed by atoms with Crippen molar-refractivity contribution in [2.45, 2.75) is 79.1 Å². The SMILES string of the molecule is CCCC[C@H](CC)CN1C(=O)/C(=C2/C(=O)N(C[C@@H](CC)CCCC)c3cc(Br)ccc32)c2ccc(Br)cc21. The van der Waals surface area contributed by atoms with Crippen LogP contribution >= 0.6 is 31.9 Å². The van der Waals surface area contributed by atoms with Crippen LogP contribution in [0, 0.1) is 11.8 Å². The van der Waals surface area contributed by atoms with Crippen LogP contribution in [0.25, 0.3) is 11.1 Å². The van der Waals surface area contributed by atoms with Gasteiger partial charge in [0.05, 0.1) is 22.5 Å². The fourth-order valence-electron chi connectivity index (χ4n) is 5.79. The summed E-state index contributed by atoms with van der Waals surface area (Å²) in [6, 6.07) is 12.0. The van der Waals surface area contributed by atoms with Gasteiger partial charge in [-0.1, -0.05) is 110 Å². The van der Waals surface area contributed by atoms with Gasteiger partial charge in [-0.15, -0.1) is 0 Å². The summed E-state index contributed by atoms with van der Waals surface area (Å²) in [4.78, 5) is 32.3. The smallest absolute Gasteiger partial charge is 0.259 e. The zero-order valence-electron chi connectivity index (χ0n) is 23.2. The van der Waals surface area contributed by atoms with Crippen molar-refractivity contribution in [3.05, 3.63) is 56.5 Å². The fraction of sp³-hybridized carbons (Fsp3) is 0.500. The lowest BCUT2D eigenvalue weighted by Crippen LogP contribution is -2.34. The molecule has 2 aromatic carbocycles. The second kappa shape index (κ2) is 13.0. The van der Waals surface area contributed by atoms with Gasteiger partial charge in [-0.25, -0.2) is 0 Å². The van der Waals surface area contributed by atoms with Crippen LogP contribution < -0.4 is 9.80 Å². The average Bonchev–Trinajstić information content (AvgIpc) is 3.32. The van der Waals surface area contributed by atoms with Gasteiger partial charge < -0.3 is 9.80 Å². The highest BCUT2D eigenvalue weighted by molar-refractivity contribution is 9.10. The number of unbranched alkanes of at least 4 members (excludes halogenated alkanes) is 2. The molecule has 2 aromatic rings. The van der Waals surface area contributed by atoms with Crippen molar-refractivity contribution in [3.8, 4) is 0 Å². The van der Waals surface area contributed by atoms with Gasteiger partial charge in [0.15, 0.2) is 0 Å². The molecule has 0 fully saturated rings. The van der Waals surface area contributed by atoms with Crippen LogP contribution in [-0.2, 0) is 9.59 Å². The molecule has 0 N–H and O–H groups in total. The molecule has 0 saturated carbocycles. The van der Waals surface area contributed by atoms with E-state index in [1.807, 2.05) is 46.2 Å². The third-order valence-electron chi connectivity index (χ3n) is 8.18. The molecule has 4 rings (SSSR count). The van der Waals surface area contributed by atoms with Crippen molar-refractivity contribution in [3.63, 3.8) is 0 Å². The predicted octanol–water partition coefficient (Wildman–Crippen LogP) is 9.25. The quantitative estimate of drug-likeness (QED) is 0.216. The van der Waals surface area contributed by atoms with E-state index < -0.39 is 0 Å². The topological polar surface area (TPSA) is 40.6 Å². The molecule has 0 radical (unpaired) electrons. The van der Waals surface area contributed by atoms with Gasteiger partial charge in [0.1, 0.15) is 0 Å². The molecule has 0 saturated heterocycles. The van der Waals surface area contributed by atoms with Gasteiger partial charge in [0, 0.05) is 33.2 Å². The van der Waals surface area contributed by atoms with Crippen LogP contribution in [-0.4, -0.2) is 24.9 Å². The third-order valence-corrected chi connectivity index (χ3v) is 9.16. The zero-order chi connectivity index (χ0) is 27.4. The monoisotopic (exact) mass is 642 g/mol. The molecule has 2 heterocycles. The summed E-state index contributed by atoms with van der Waals surface area (Å²) >= 11 is 7.23. The predicted molar refractivity (Wildman–Crippen MR) is 166 cm³/mol. The summed E-state index contributed by atoms with van der Waals surface area (Å²) in [7, 11) is 0. The van der Waals surface area contributed by atoms with Crippen LogP contribution in [0.15, 0.2) is 45.3 Å². The second-order valence-corrected chi connectivity index (χ2v) is 12.6. The van der Waals surface area contributed by atoms with E-state index >= 15 is 0 Å². The molecule has 2 atom stereocenters. The number of benzene rings is 2. The molecule has 204 valence electrons. The summed E-state index contributed by atoms with van der Waals surface area (Å²) in [6.45, 7) is 10.2. The average molecular weight is 644 g/mol. The molecule has 4 nitrogen and oxygen atoms in total. The van der Waals surface area contributed by atoms with Crippen molar-refractivity contribution >= 4 is 66.2 Å². The molecule has 0 spiro atoms. The molecule has 2 amide bonds. The van der Waals surface area contributed by atoms with Crippen LogP contribution in [0.2, 0.25) is 0 Å². The highest BCUT2D eigenvalue weighted by Crippen LogP contribution is 2.48. The third kappa shape index (κ3) is 5.82. The highest BCUT2D eigenvalue weighted by atomic mass is 79.9. The molecule has 38 heavy (non-hydrogen) atoms. The van der Waals surface area contributed by atoms with E-state index in [2.05, 4.69) is 59.6 Å². The Balaban J connectivity index is 1.81. The van der Waals surface area contributed by atoms with Gasteiger partial charge >= 0.3 is 0 Å². The maximum Gasteiger partial charge on any atom is 0.259 e. The number of rotatable bonds is 12. The first-order valence-electron chi connectivity index (χ1n) is 14.3. The second-order valence-electron chi connectivity index (χ2n) is 10.7. The maximum atomic E-state index is 14.2. The molecule has 2 aliphatic rings. The summed E-state index contributed by atoms with van der Waals surface area (Å²) in [5, 5.41) is 0. The molecule has 0 bridgehead atoms. The zero-order valence-corrected chi connectivity index (χ0v) is 26.3. The number of hydrogen-bond acceptors (Lipinski definition) is 2. The summed E-state index contributed by atoms with van der Waals surface area (Å²) in [6.07, 6.45) is 8.87. The lowest BCUT2D eigenvalue weighted by atomic mass is 9.96. The normalized spacial score (nSPS) is 18.3. The maximum absolute atomic E-state index is 14.2. The minimum Gasteiger partial charge on any atom is -0.307 e. The Morgan fingerprint density at radius 3 is 1.39 bits per heavy atom. The Bertz CT molecular complexity index is 1130. The Morgan fingerprint density at radius 2 is 1.05 bits per heavy atom. The molecule has 2 aliphatic heterocycles. The molecule has 0 unspecified atom stereocenters. The Kier molecular flexibility index (Phi) is 9.91. The molecular weight excluding hydrogens is 604 g/mol. The number of fused-ring (bicyclic) bond motifs is 2. The molecule has 6 heteroatoms. The van der Waals surface area contributed by atoms with Gasteiger partial charge in [-0.05, 0) is 48.9 Å². The van der Waals surface area contributed by atoms with E-state index in [0.29, 0.717) is 36.1 Å². The van der Waals surface area contributed by atoms with Gasteiger partial charge in [-0.2, -0.15) is 0 Å². The number of hydrogen-bond donors (Lipinski definition) is 0. The first kappa shape index (κ1) is 29.1. The van der Waals surface area contributed by atoms with Crippen LogP contribution in [0.4, 0.5) is 11.4 Å². The number of carbonyl (C=O) groups is 2. The minimum atomic E-state index is -0.0508. The molecule has 0 aromatic heterocycles. The first-order chi connectivity index (χ1) is 18.3. The van der Waals surface area contributed by atoms with E-state index in [0.717, 1.165) is 82.8 Å². The number of amides is 2. The number of carbonyl (C=O) groups excluding carboxylic acids is 2. The van der Waals surface area contributed by atoms with Crippen LogP contribution in [0.5, 0.6) is 0 Å². The molecule has 0 aliphatic carbocycles. The fourth-order valence-corrected chi connectivity index (χ4v) is 6.49. The largest absolute Gasteiger partial charge is 0.307 e. The Labute approximate surface area is 245 Å².